The Labute approximate surface area is 186 Å². The molecule has 0 radical (unpaired) electrons. The first-order valence-corrected chi connectivity index (χ1v) is 10.6. The van der Waals surface area contributed by atoms with Crippen molar-refractivity contribution in [1.29, 1.82) is 0 Å². The summed E-state index contributed by atoms with van der Waals surface area (Å²) in [6, 6.07) is 14.1. The standard InChI is InChI=1S/C25H27N3O4/c1-27(2)12-7-13-28-22(16-8-6-9-17(14-16)32-3)21(24(30)25(28)31)23(29)19-15-26-20-11-5-4-10-18(19)20/h4-6,8-11,14-15,22,26,29H,7,12-13H2,1-3H3/t22-/m0/s1. The molecule has 2 N–H and O–H groups in total. The van der Waals surface area contributed by atoms with Gasteiger partial charge in [0.25, 0.3) is 11.7 Å². The van der Waals surface area contributed by atoms with E-state index in [2.05, 4.69) is 4.98 Å². The van der Waals surface area contributed by atoms with Gasteiger partial charge in [0.15, 0.2) is 0 Å². The number of Topliss-reactive ketones (excluding diaryl/α,β-unsaturated/α-hetero) is 1. The Morgan fingerprint density at radius 3 is 2.69 bits per heavy atom. The van der Waals surface area contributed by atoms with E-state index in [4.69, 9.17) is 4.74 Å². The minimum atomic E-state index is -0.694. The number of nitrogens with zero attached hydrogens (tertiary/aromatic N) is 2. The average molecular weight is 434 g/mol. The number of aromatic amines is 1. The van der Waals surface area contributed by atoms with Gasteiger partial charge in [-0.25, -0.2) is 0 Å². The number of carbonyl (C=O) groups excluding carboxylic acids is 2. The molecule has 0 spiro atoms. The lowest BCUT2D eigenvalue weighted by atomic mass is 9.95. The predicted molar refractivity (Wildman–Crippen MR) is 123 cm³/mol. The van der Waals surface area contributed by atoms with Gasteiger partial charge in [0, 0.05) is 29.2 Å². The van der Waals surface area contributed by atoms with Crippen molar-refractivity contribution >= 4 is 28.4 Å². The number of methoxy groups -OCH3 is 1. The maximum absolute atomic E-state index is 13.2. The lowest BCUT2D eigenvalue weighted by Crippen LogP contribution is -2.32. The second-order valence-corrected chi connectivity index (χ2v) is 8.17. The summed E-state index contributed by atoms with van der Waals surface area (Å²) in [5.41, 5.74) is 2.15. The molecular formula is C25H27N3O4. The van der Waals surface area contributed by atoms with Crippen molar-refractivity contribution in [2.45, 2.75) is 12.5 Å². The third-order valence-electron chi connectivity index (χ3n) is 5.80. The Hall–Kier alpha value is -3.58. The summed E-state index contributed by atoms with van der Waals surface area (Å²) in [7, 11) is 5.49. The van der Waals surface area contributed by atoms with E-state index >= 15 is 0 Å². The maximum atomic E-state index is 13.2. The van der Waals surface area contributed by atoms with E-state index in [9.17, 15) is 14.7 Å². The zero-order chi connectivity index (χ0) is 22.8. The summed E-state index contributed by atoms with van der Waals surface area (Å²) in [5, 5.41) is 12.1. The molecule has 1 amide bonds. The van der Waals surface area contributed by atoms with Gasteiger partial charge in [0.2, 0.25) is 0 Å². The van der Waals surface area contributed by atoms with Gasteiger partial charge in [0.05, 0.1) is 18.7 Å². The Kier molecular flexibility index (Phi) is 6.01. The maximum Gasteiger partial charge on any atom is 0.295 e. The summed E-state index contributed by atoms with van der Waals surface area (Å²) in [6.07, 6.45) is 2.37. The number of carbonyl (C=O) groups is 2. The van der Waals surface area contributed by atoms with Gasteiger partial charge in [-0.1, -0.05) is 30.3 Å². The number of amides is 1. The molecule has 2 aromatic carbocycles. The summed E-state index contributed by atoms with van der Waals surface area (Å²) >= 11 is 0. The molecule has 0 unspecified atom stereocenters. The number of H-pyrrole nitrogens is 1. The van der Waals surface area contributed by atoms with Crippen LogP contribution in [0.5, 0.6) is 5.75 Å². The number of aromatic nitrogens is 1. The molecule has 2 heterocycles. The van der Waals surface area contributed by atoms with Crippen LogP contribution >= 0.6 is 0 Å². The highest BCUT2D eigenvalue weighted by Crippen LogP contribution is 2.41. The lowest BCUT2D eigenvalue weighted by molar-refractivity contribution is -0.139. The van der Waals surface area contributed by atoms with Gasteiger partial charge < -0.3 is 24.6 Å². The number of aliphatic hydroxyl groups excluding tert-OH is 1. The number of para-hydroxylation sites is 1. The molecule has 1 aliphatic heterocycles. The molecule has 3 aromatic rings. The third kappa shape index (κ3) is 3.87. The second kappa shape index (κ2) is 8.88. The quantitative estimate of drug-likeness (QED) is 0.338. The highest BCUT2D eigenvalue weighted by molar-refractivity contribution is 6.46. The van der Waals surface area contributed by atoms with Crippen LogP contribution < -0.4 is 4.74 Å². The molecule has 4 rings (SSSR count). The SMILES string of the molecule is COc1cccc([C@H]2C(=C(O)c3c[nH]c4ccccc34)C(=O)C(=O)N2CCCN(C)C)c1. The summed E-state index contributed by atoms with van der Waals surface area (Å²) in [5.74, 6) is -0.833. The lowest BCUT2D eigenvalue weighted by Gasteiger charge is -2.26. The van der Waals surface area contributed by atoms with Crippen LogP contribution in [-0.4, -0.2) is 65.9 Å². The van der Waals surface area contributed by atoms with E-state index in [1.54, 1.807) is 30.3 Å². The first-order valence-electron chi connectivity index (χ1n) is 10.6. The topological polar surface area (TPSA) is 85.9 Å². The number of aliphatic hydroxyl groups is 1. The van der Waals surface area contributed by atoms with E-state index in [1.165, 1.54) is 0 Å². The first kappa shape index (κ1) is 21.6. The molecule has 0 saturated carbocycles. The molecule has 1 fully saturated rings. The number of ether oxygens (including phenoxy) is 1. The second-order valence-electron chi connectivity index (χ2n) is 8.17. The van der Waals surface area contributed by atoms with Crippen molar-refractivity contribution in [3.05, 3.63) is 71.4 Å². The van der Waals surface area contributed by atoms with Crippen LogP contribution in [0.25, 0.3) is 16.7 Å². The Bertz CT molecular complexity index is 1190. The van der Waals surface area contributed by atoms with Crippen molar-refractivity contribution in [1.82, 2.24) is 14.8 Å². The number of likely N-dealkylation sites (tertiary alicyclic amines) is 1. The van der Waals surface area contributed by atoms with Gasteiger partial charge in [-0.05, 0) is 50.8 Å². The molecule has 7 heteroatoms. The van der Waals surface area contributed by atoms with Crippen molar-refractivity contribution in [2.75, 3.05) is 34.3 Å². The van der Waals surface area contributed by atoms with Crippen LogP contribution in [-0.2, 0) is 9.59 Å². The molecule has 1 aliphatic rings. The monoisotopic (exact) mass is 433 g/mol. The van der Waals surface area contributed by atoms with E-state index < -0.39 is 17.7 Å². The predicted octanol–water partition coefficient (Wildman–Crippen LogP) is 3.55. The smallest absolute Gasteiger partial charge is 0.295 e. The number of rotatable bonds is 7. The number of fused-ring (bicyclic) bond motifs is 1. The third-order valence-corrected chi connectivity index (χ3v) is 5.80. The summed E-state index contributed by atoms with van der Waals surface area (Å²) in [4.78, 5) is 32.9. The highest BCUT2D eigenvalue weighted by Gasteiger charge is 2.46. The van der Waals surface area contributed by atoms with Crippen LogP contribution in [0.4, 0.5) is 0 Å². The van der Waals surface area contributed by atoms with Crippen LogP contribution in [0.15, 0.2) is 60.3 Å². The summed E-state index contributed by atoms with van der Waals surface area (Å²) < 4.78 is 5.36. The molecule has 0 bridgehead atoms. The van der Waals surface area contributed by atoms with E-state index in [1.807, 2.05) is 55.4 Å². The van der Waals surface area contributed by atoms with Gasteiger partial charge in [0.1, 0.15) is 11.5 Å². The molecular weight excluding hydrogens is 406 g/mol. The van der Waals surface area contributed by atoms with Gasteiger partial charge in [-0.15, -0.1) is 0 Å². The summed E-state index contributed by atoms with van der Waals surface area (Å²) in [6.45, 7) is 1.17. The zero-order valence-electron chi connectivity index (χ0n) is 18.5. The van der Waals surface area contributed by atoms with Crippen LogP contribution in [0.1, 0.15) is 23.6 Å². The van der Waals surface area contributed by atoms with Gasteiger partial charge in [-0.2, -0.15) is 0 Å². The van der Waals surface area contributed by atoms with E-state index in [-0.39, 0.29) is 11.3 Å². The zero-order valence-corrected chi connectivity index (χ0v) is 18.5. The molecule has 0 aliphatic carbocycles. The number of nitrogens with one attached hydrogen (secondary N) is 1. The highest BCUT2D eigenvalue weighted by atomic mass is 16.5. The minimum absolute atomic E-state index is 0.0952. The fourth-order valence-electron chi connectivity index (χ4n) is 4.24. The van der Waals surface area contributed by atoms with Gasteiger partial charge >= 0.3 is 0 Å². The molecule has 166 valence electrons. The normalized spacial score (nSPS) is 18.1. The van der Waals surface area contributed by atoms with Crippen molar-refractivity contribution in [2.24, 2.45) is 0 Å². The van der Waals surface area contributed by atoms with Crippen molar-refractivity contribution < 1.29 is 19.4 Å². The van der Waals surface area contributed by atoms with Crippen LogP contribution in [0, 0.1) is 0 Å². The Balaban J connectivity index is 1.85. The fourth-order valence-corrected chi connectivity index (χ4v) is 4.24. The molecule has 1 saturated heterocycles. The van der Waals surface area contributed by atoms with Crippen molar-refractivity contribution in [3.63, 3.8) is 0 Å². The number of ketones is 1. The Morgan fingerprint density at radius 2 is 1.94 bits per heavy atom. The molecule has 1 atom stereocenters. The van der Waals surface area contributed by atoms with Crippen molar-refractivity contribution in [3.8, 4) is 5.75 Å². The molecule has 7 nitrogen and oxygen atoms in total. The molecule has 1 aromatic heterocycles. The Morgan fingerprint density at radius 1 is 1.16 bits per heavy atom. The number of benzene rings is 2. The largest absolute Gasteiger partial charge is 0.507 e. The van der Waals surface area contributed by atoms with Crippen LogP contribution in [0.3, 0.4) is 0 Å². The first-order chi connectivity index (χ1) is 15.4. The van der Waals surface area contributed by atoms with E-state index in [0.717, 1.165) is 23.0 Å². The molecule has 32 heavy (non-hydrogen) atoms. The van der Waals surface area contributed by atoms with Crippen LogP contribution in [0.2, 0.25) is 0 Å². The minimum Gasteiger partial charge on any atom is -0.507 e. The van der Waals surface area contributed by atoms with E-state index in [0.29, 0.717) is 24.3 Å². The number of hydrogen-bond acceptors (Lipinski definition) is 5. The number of hydrogen-bond donors (Lipinski definition) is 2. The fraction of sp³-hybridized carbons (Fsp3) is 0.280. The average Bonchev–Trinajstić information content (AvgIpc) is 3.33. The van der Waals surface area contributed by atoms with Gasteiger partial charge in [-0.3, -0.25) is 9.59 Å².